The van der Waals surface area contributed by atoms with Gasteiger partial charge in [0.05, 0.1) is 16.2 Å². The van der Waals surface area contributed by atoms with Gasteiger partial charge in [0.1, 0.15) is 11.5 Å². The number of carbonyl (C=O) groups excluding carboxylic acids is 1. The molecule has 0 radical (unpaired) electrons. The number of rotatable bonds is 3. The molecule has 27 heavy (non-hydrogen) atoms. The Hall–Kier alpha value is -3.16. The molecule has 6 nitrogen and oxygen atoms in total. The molecule has 0 saturated heterocycles. The summed E-state index contributed by atoms with van der Waals surface area (Å²) in [5.74, 6) is 1.01. The number of carbonyl (C=O) groups is 1. The standard InChI is InChI=1S/C20H16N2O4S/c1-22-18-5-3-2-4-16(18)17(20(22)23)12-14-8-11-19(26-14)13-6-9-15(10-7-13)27(21,24)25/h2-12H,1H3,(H2,21,24,25)/b17-12+. The number of amides is 1. The third-order valence-corrected chi connectivity index (χ3v) is 5.40. The highest BCUT2D eigenvalue weighted by Crippen LogP contribution is 2.37. The van der Waals surface area contributed by atoms with Crippen molar-refractivity contribution >= 4 is 33.3 Å². The van der Waals surface area contributed by atoms with Crippen molar-refractivity contribution in [2.45, 2.75) is 4.90 Å². The smallest absolute Gasteiger partial charge is 0.258 e. The van der Waals surface area contributed by atoms with Gasteiger partial charge in [0.25, 0.3) is 5.91 Å². The van der Waals surface area contributed by atoms with E-state index in [9.17, 15) is 13.2 Å². The molecule has 1 aromatic heterocycles. The number of fused-ring (bicyclic) bond motifs is 1. The highest BCUT2D eigenvalue weighted by molar-refractivity contribution is 7.89. The molecule has 1 aliphatic rings. The summed E-state index contributed by atoms with van der Waals surface area (Å²) in [5.41, 5.74) is 3.00. The van der Waals surface area contributed by atoms with E-state index >= 15 is 0 Å². The largest absolute Gasteiger partial charge is 0.457 e. The number of hydrogen-bond donors (Lipinski definition) is 1. The molecule has 0 atom stereocenters. The molecule has 2 heterocycles. The van der Waals surface area contributed by atoms with Gasteiger partial charge in [-0.15, -0.1) is 0 Å². The first-order valence-corrected chi connectivity index (χ1v) is 9.71. The summed E-state index contributed by atoms with van der Waals surface area (Å²) >= 11 is 0. The van der Waals surface area contributed by atoms with E-state index < -0.39 is 10.0 Å². The lowest BCUT2D eigenvalue weighted by Gasteiger charge is -2.07. The zero-order valence-corrected chi connectivity index (χ0v) is 15.2. The van der Waals surface area contributed by atoms with Gasteiger partial charge in [0.15, 0.2) is 0 Å². The third-order valence-electron chi connectivity index (χ3n) is 4.47. The summed E-state index contributed by atoms with van der Waals surface area (Å²) in [5, 5.41) is 5.11. The Labute approximate surface area is 156 Å². The number of nitrogens with two attached hydrogens (primary N) is 1. The normalized spacial score (nSPS) is 15.4. The van der Waals surface area contributed by atoms with E-state index in [-0.39, 0.29) is 10.8 Å². The van der Waals surface area contributed by atoms with Crippen LogP contribution in [-0.4, -0.2) is 21.4 Å². The van der Waals surface area contributed by atoms with Gasteiger partial charge >= 0.3 is 0 Å². The van der Waals surface area contributed by atoms with Crippen molar-refractivity contribution in [3.05, 3.63) is 72.0 Å². The van der Waals surface area contributed by atoms with Crippen molar-refractivity contribution in [3.63, 3.8) is 0 Å². The topological polar surface area (TPSA) is 93.6 Å². The highest BCUT2D eigenvalue weighted by Gasteiger charge is 2.29. The monoisotopic (exact) mass is 380 g/mol. The first kappa shape index (κ1) is 17.3. The molecule has 0 bridgehead atoms. The van der Waals surface area contributed by atoms with Gasteiger partial charge in [-0.05, 0) is 48.5 Å². The van der Waals surface area contributed by atoms with Crippen molar-refractivity contribution in [2.24, 2.45) is 5.14 Å². The molecular weight excluding hydrogens is 364 g/mol. The van der Waals surface area contributed by atoms with E-state index in [1.165, 1.54) is 12.1 Å². The summed E-state index contributed by atoms with van der Waals surface area (Å²) < 4.78 is 28.5. The van der Waals surface area contributed by atoms with Crippen LogP contribution in [-0.2, 0) is 14.8 Å². The Balaban J connectivity index is 1.68. The lowest BCUT2D eigenvalue weighted by molar-refractivity contribution is -0.112. The van der Waals surface area contributed by atoms with Crippen LogP contribution in [0.3, 0.4) is 0 Å². The predicted octanol–water partition coefficient (Wildman–Crippen LogP) is 3.11. The van der Waals surface area contributed by atoms with E-state index in [1.807, 2.05) is 24.3 Å². The first-order chi connectivity index (χ1) is 12.8. The molecule has 0 saturated carbocycles. The fourth-order valence-corrected chi connectivity index (χ4v) is 3.59. The van der Waals surface area contributed by atoms with Gasteiger partial charge in [-0.3, -0.25) is 4.79 Å². The summed E-state index contributed by atoms with van der Waals surface area (Å²) in [6, 6.07) is 17.2. The molecule has 7 heteroatoms. The predicted molar refractivity (Wildman–Crippen MR) is 103 cm³/mol. The molecule has 136 valence electrons. The summed E-state index contributed by atoms with van der Waals surface area (Å²) in [6.07, 6.45) is 1.72. The van der Waals surface area contributed by atoms with Crippen LogP contribution < -0.4 is 10.0 Å². The SMILES string of the molecule is CN1C(=O)/C(=C/c2ccc(-c3ccc(S(N)(=O)=O)cc3)o2)c2ccccc21. The second-order valence-corrected chi connectivity index (χ2v) is 7.77. The van der Waals surface area contributed by atoms with Gasteiger partial charge in [-0.1, -0.05) is 18.2 Å². The quantitative estimate of drug-likeness (QED) is 0.707. The maximum Gasteiger partial charge on any atom is 0.258 e. The van der Waals surface area contributed by atoms with Crippen LogP contribution in [0.15, 0.2) is 70.0 Å². The van der Waals surface area contributed by atoms with Crippen LogP contribution in [0, 0.1) is 0 Å². The summed E-state index contributed by atoms with van der Waals surface area (Å²) in [4.78, 5) is 14.2. The first-order valence-electron chi connectivity index (χ1n) is 8.17. The maximum absolute atomic E-state index is 12.5. The molecule has 1 aliphatic heterocycles. The van der Waals surface area contributed by atoms with Crippen molar-refractivity contribution in [3.8, 4) is 11.3 Å². The van der Waals surface area contributed by atoms with E-state index in [4.69, 9.17) is 9.56 Å². The fourth-order valence-electron chi connectivity index (χ4n) is 3.08. The number of sulfonamides is 1. The van der Waals surface area contributed by atoms with Crippen molar-refractivity contribution in [2.75, 3.05) is 11.9 Å². The van der Waals surface area contributed by atoms with Crippen LogP contribution in [0.1, 0.15) is 11.3 Å². The second-order valence-electron chi connectivity index (χ2n) is 6.21. The number of likely N-dealkylation sites (N-methyl/N-ethyl adjacent to an activating group) is 1. The molecule has 3 aromatic rings. The number of hydrogen-bond acceptors (Lipinski definition) is 4. The highest BCUT2D eigenvalue weighted by atomic mass is 32.2. The Morgan fingerprint density at radius 3 is 2.41 bits per heavy atom. The maximum atomic E-state index is 12.5. The summed E-state index contributed by atoms with van der Waals surface area (Å²) in [6.45, 7) is 0. The van der Waals surface area contributed by atoms with E-state index in [2.05, 4.69) is 0 Å². The molecule has 2 N–H and O–H groups in total. The number of anilines is 1. The number of nitrogens with zero attached hydrogens (tertiary/aromatic N) is 1. The summed E-state index contributed by atoms with van der Waals surface area (Å²) in [7, 11) is -2.00. The van der Waals surface area contributed by atoms with Crippen LogP contribution in [0.5, 0.6) is 0 Å². The molecular formula is C20H16N2O4S. The van der Waals surface area contributed by atoms with Gasteiger partial charge in [0, 0.05) is 18.2 Å². The molecule has 0 unspecified atom stereocenters. The average Bonchev–Trinajstić information content (AvgIpc) is 3.21. The molecule has 0 fully saturated rings. The van der Waals surface area contributed by atoms with E-state index in [1.54, 1.807) is 42.3 Å². The van der Waals surface area contributed by atoms with Crippen molar-refractivity contribution < 1.29 is 17.6 Å². The number of para-hydroxylation sites is 1. The van der Waals surface area contributed by atoms with Gasteiger partial charge in [0.2, 0.25) is 10.0 Å². The fraction of sp³-hybridized carbons (Fsp3) is 0.0500. The Kier molecular flexibility index (Phi) is 3.98. The Bertz CT molecular complexity index is 1170. The minimum absolute atomic E-state index is 0.0383. The van der Waals surface area contributed by atoms with Crippen molar-refractivity contribution in [1.29, 1.82) is 0 Å². The lowest BCUT2D eigenvalue weighted by atomic mass is 10.1. The Morgan fingerprint density at radius 1 is 1.00 bits per heavy atom. The molecule has 1 amide bonds. The lowest BCUT2D eigenvalue weighted by Crippen LogP contribution is -2.20. The molecule has 4 rings (SSSR count). The third kappa shape index (κ3) is 3.07. The zero-order chi connectivity index (χ0) is 19.2. The Morgan fingerprint density at radius 2 is 1.70 bits per heavy atom. The zero-order valence-electron chi connectivity index (χ0n) is 14.4. The van der Waals surface area contributed by atoms with Crippen molar-refractivity contribution in [1.82, 2.24) is 0 Å². The van der Waals surface area contributed by atoms with Gasteiger partial charge < -0.3 is 9.32 Å². The van der Waals surface area contributed by atoms with Gasteiger partial charge in [-0.25, -0.2) is 13.6 Å². The number of benzene rings is 2. The molecule has 0 spiro atoms. The minimum atomic E-state index is -3.73. The van der Waals surface area contributed by atoms with Crippen LogP contribution in [0.25, 0.3) is 23.0 Å². The number of primary sulfonamides is 1. The van der Waals surface area contributed by atoms with Gasteiger partial charge in [-0.2, -0.15) is 0 Å². The van der Waals surface area contributed by atoms with E-state index in [0.29, 0.717) is 22.7 Å². The molecule has 0 aliphatic carbocycles. The average molecular weight is 380 g/mol. The minimum Gasteiger partial charge on any atom is -0.457 e. The number of furan rings is 1. The van der Waals surface area contributed by atoms with Crippen LogP contribution >= 0.6 is 0 Å². The van der Waals surface area contributed by atoms with E-state index in [0.717, 1.165) is 11.3 Å². The van der Waals surface area contributed by atoms with Crippen LogP contribution in [0.2, 0.25) is 0 Å². The van der Waals surface area contributed by atoms with Crippen LogP contribution in [0.4, 0.5) is 5.69 Å². The molecule has 2 aromatic carbocycles. The second kappa shape index (κ2) is 6.22.